The fourth-order valence-corrected chi connectivity index (χ4v) is 2.64. The quantitative estimate of drug-likeness (QED) is 0.746. The zero-order chi connectivity index (χ0) is 11.1. The van der Waals surface area contributed by atoms with Crippen molar-refractivity contribution in [3.63, 3.8) is 0 Å². The molecule has 0 aliphatic carbocycles. The Morgan fingerprint density at radius 2 is 2.20 bits per heavy atom. The van der Waals surface area contributed by atoms with Crippen LogP contribution in [0.4, 0.5) is 0 Å². The normalized spacial score (nSPS) is 13.3. The highest BCUT2D eigenvalue weighted by Gasteiger charge is 2.07. The molecule has 1 unspecified atom stereocenters. The van der Waals surface area contributed by atoms with E-state index in [1.165, 1.54) is 31.2 Å². The summed E-state index contributed by atoms with van der Waals surface area (Å²) in [6.45, 7) is 4.59. The van der Waals surface area contributed by atoms with Crippen LogP contribution >= 0.6 is 11.3 Å². The highest BCUT2D eigenvalue weighted by atomic mass is 32.1. The van der Waals surface area contributed by atoms with Gasteiger partial charge in [0.25, 0.3) is 0 Å². The third-order valence-corrected chi connectivity index (χ3v) is 3.49. The van der Waals surface area contributed by atoms with Crippen LogP contribution < -0.4 is 5.32 Å². The maximum atomic E-state index is 3.42. The molecule has 0 spiro atoms. The van der Waals surface area contributed by atoms with Gasteiger partial charge in [-0.3, -0.25) is 0 Å². The summed E-state index contributed by atoms with van der Waals surface area (Å²) >= 11 is 1.80. The molecule has 0 aliphatic rings. The minimum atomic E-state index is 0.698. The van der Waals surface area contributed by atoms with Gasteiger partial charge in [0.15, 0.2) is 0 Å². The van der Waals surface area contributed by atoms with Crippen molar-refractivity contribution in [1.82, 2.24) is 5.32 Å². The van der Waals surface area contributed by atoms with Gasteiger partial charge in [0.05, 0.1) is 0 Å². The lowest BCUT2D eigenvalue weighted by Crippen LogP contribution is -2.26. The van der Waals surface area contributed by atoms with Crippen LogP contribution in [0.15, 0.2) is 16.8 Å². The first-order valence-corrected chi connectivity index (χ1v) is 6.85. The third kappa shape index (κ3) is 5.33. The Balaban J connectivity index is 2.17. The van der Waals surface area contributed by atoms with Gasteiger partial charge in [-0.15, -0.1) is 0 Å². The monoisotopic (exact) mass is 225 g/mol. The van der Waals surface area contributed by atoms with E-state index in [0.29, 0.717) is 6.04 Å². The summed E-state index contributed by atoms with van der Waals surface area (Å²) in [5.41, 5.74) is 1.50. The summed E-state index contributed by atoms with van der Waals surface area (Å²) < 4.78 is 0. The molecule has 1 nitrogen and oxygen atoms in total. The van der Waals surface area contributed by atoms with Gasteiger partial charge in [-0.25, -0.2) is 0 Å². The summed E-state index contributed by atoms with van der Waals surface area (Å²) in [5.74, 6) is 0.795. The van der Waals surface area contributed by atoms with Crippen molar-refractivity contribution in [3.8, 4) is 0 Å². The molecule has 1 aromatic rings. The Morgan fingerprint density at radius 1 is 1.40 bits per heavy atom. The van der Waals surface area contributed by atoms with Gasteiger partial charge >= 0.3 is 0 Å². The molecule has 0 fully saturated rings. The lowest BCUT2D eigenvalue weighted by atomic mass is 9.98. The van der Waals surface area contributed by atoms with E-state index in [0.717, 1.165) is 5.92 Å². The molecule has 2 heteroatoms. The molecule has 15 heavy (non-hydrogen) atoms. The zero-order valence-corrected chi connectivity index (χ0v) is 10.9. The van der Waals surface area contributed by atoms with Crippen molar-refractivity contribution >= 4 is 11.3 Å². The number of rotatable bonds is 7. The molecule has 0 radical (unpaired) electrons. The van der Waals surface area contributed by atoms with Gasteiger partial charge in [-0.05, 0) is 61.0 Å². The Bertz CT molecular complexity index is 241. The van der Waals surface area contributed by atoms with Gasteiger partial charge in [-0.1, -0.05) is 13.8 Å². The molecule has 1 aromatic heterocycles. The van der Waals surface area contributed by atoms with E-state index in [-0.39, 0.29) is 0 Å². The molecule has 1 N–H and O–H groups in total. The summed E-state index contributed by atoms with van der Waals surface area (Å²) in [4.78, 5) is 0. The molecule has 0 aliphatic heterocycles. The van der Waals surface area contributed by atoms with E-state index in [1.54, 1.807) is 11.3 Å². The summed E-state index contributed by atoms with van der Waals surface area (Å²) in [6.07, 6.45) is 5.12. The maximum absolute atomic E-state index is 3.42. The molecule has 1 atom stereocenters. The Kier molecular flexibility index (Phi) is 5.96. The highest BCUT2D eigenvalue weighted by molar-refractivity contribution is 7.07. The standard InChI is InChI=1S/C13H23NS/c1-11(2)9-13(14-3)6-4-5-12-7-8-15-10-12/h7-8,10-11,13-14H,4-6,9H2,1-3H3. The number of hydrogen-bond acceptors (Lipinski definition) is 2. The second-order valence-electron chi connectivity index (χ2n) is 4.64. The molecule has 0 saturated heterocycles. The average Bonchev–Trinajstić information content (AvgIpc) is 2.68. The molecular formula is C13H23NS. The van der Waals surface area contributed by atoms with E-state index >= 15 is 0 Å². The van der Waals surface area contributed by atoms with Crippen LogP contribution in [0.2, 0.25) is 0 Å². The lowest BCUT2D eigenvalue weighted by molar-refractivity contribution is 0.413. The predicted molar refractivity (Wildman–Crippen MR) is 69.6 cm³/mol. The van der Waals surface area contributed by atoms with Crippen molar-refractivity contribution in [2.45, 2.75) is 45.6 Å². The van der Waals surface area contributed by atoms with Gasteiger partial charge < -0.3 is 5.32 Å². The summed E-state index contributed by atoms with van der Waals surface area (Å²) in [7, 11) is 2.08. The lowest BCUT2D eigenvalue weighted by Gasteiger charge is -2.17. The highest BCUT2D eigenvalue weighted by Crippen LogP contribution is 2.13. The summed E-state index contributed by atoms with van der Waals surface area (Å²) in [6, 6.07) is 2.94. The fraction of sp³-hybridized carbons (Fsp3) is 0.692. The molecule has 86 valence electrons. The van der Waals surface area contributed by atoms with Gasteiger partial charge in [0.2, 0.25) is 0 Å². The van der Waals surface area contributed by atoms with Gasteiger partial charge in [-0.2, -0.15) is 11.3 Å². The number of hydrogen-bond donors (Lipinski definition) is 1. The van der Waals surface area contributed by atoms with Crippen molar-refractivity contribution in [2.24, 2.45) is 5.92 Å². The minimum absolute atomic E-state index is 0.698. The molecule has 0 saturated carbocycles. The topological polar surface area (TPSA) is 12.0 Å². The van der Waals surface area contributed by atoms with Gasteiger partial charge in [0, 0.05) is 6.04 Å². The first kappa shape index (κ1) is 12.7. The Labute approximate surface area is 97.9 Å². The van der Waals surface area contributed by atoms with Crippen LogP contribution in [0.1, 0.15) is 38.7 Å². The van der Waals surface area contributed by atoms with Crippen LogP contribution in [0.25, 0.3) is 0 Å². The molecule has 1 heterocycles. The number of nitrogens with one attached hydrogen (secondary N) is 1. The summed E-state index contributed by atoms with van der Waals surface area (Å²) in [5, 5.41) is 7.84. The molecule has 1 rings (SSSR count). The van der Waals surface area contributed by atoms with Crippen LogP contribution in [-0.4, -0.2) is 13.1 Å². The second-order valence-corrected chi connectivity index (χ2v) is 5.42. The smallest absolute Gasteiger partial charge is 0.00666 e. The molecule has 0 aromatic carbocycles. The van der Waals surface area contributed by atoms with Crippen molar-refractivity contribution < 1.29 is 0 Å². The first-order chi connectivity index (χ1) is 7.22. The third-order valence-electron chi connectivity index (χ3n) is 2.76. The maximum Gasteiger partial charge on any atom is 0.00666 e. The van der Waals surface area contributed by atoms with E-state index in [2.05, 4.69) is 43.0 Å². The van der Waals surface area contributed by atoms with E-state index in [1.807, 2.05) is 0 Å². The zero-order valence-electron chi connectivity index (χ0n) is 10.1. The van der Waals surface area contributed by atoms with E-state index in [4.69, 9.17) is 0 Å². The van der Waals surface area contributed by atoms with E-state index < -0.39 is 0 Å². The molecule has 0 bridgehead atoms. The second kappa shape index (κ2) is 7.02. The van der Waals surface area contributed by atoms with Crippen LogP contribution in [0, 0.1) is 5.92 Å². The van der Waals surface area contributed by atoms with E-state index in [9.17, 15) is 0 Å². The van der Waals surface area contributed by atoms with Crippen LogP contribution in [0.3, 0.4) is 0 Å². The number of aryl methyl sites for hydroxylation is 1. The average molecular weight is 225 g/mol. The Morgan fingerprint density at radius 3 is 2.73 bits per heavy atom. The molecule has 0 amide bonds. The number of thiophene rings is 1. The SMILES string of the molecule is CNC(CCCc1ccsc1)CC(C)C. The predicted octanol–water partition coefficient (Wildman–Crippen LogP) is 3.70. The molecular weight excluding hydrogens is 202 g/mol. The minimum Gasteiger partial charge on any atom is -0.317 e. The largest absolute Gasteiger partial charge is 0.317 e. The van der Waals surface area contributed by atoms with Gasteiger partial charge in [0.1, 0.15) is 0 Å². The Hall–Kier alpha value is -0.340. The first-order valence-electron chi connectivity index (χ1n) is 5.90. The van der Waals surface area contributed by atoms with Crippen LogP contribution in [0.5, 0.6) is 0 Å². The van der Waals surface area contributed by atoms with Crippen molar-refractivity contribution in [1.29, 1.82) is 0 Å². The van der Waals surface area contributed by atoms with Crippen LogP contribution in [-0.2, 0) is 6.42 Å². The van der Waals surface area contributed by atoms with Crippen molar-refractivity contribution in [2.75, 3.05) is 7.05 Å². The van der Waals surface area contributed by atoms with Crippen molar-refractivity contribution in [3.05, 3.63) is 22.4 Å². The fourth-order valence-electron chi connectivity index (χ4n) is 1.94.